The van der Waals surface area contributed by atoms with Crippen molar-refractivity contribution < 1.29 is 4.79 Å². The molecule has 4 aromatic rings. The van der Waals surface area contributed by atoms with Crippen molar-refractivity contribution in [3.8, 4) is 16.9 Å². The summed E-state index contributed by atoms with van der Waals surface area (Å²) in [7, 11) is 2.06. The highest BCUT2D eigenvalue weighted by Gasteiger charge is 2.20. The summed E-state index contributed by atoms with van der Waals surface area (Å²) in [6.45, 7) is 3.24. The number of nitrogens with zero attached hydrogens (tertiary/aromatic N) is 6. The Balaban J connectivity index is 1.38. The van der Waals surface area contributed by atoms with Gasteiger partial charge in [-0.2, -0.15) is 0 Å². The van der Waals surface area contributed by atoms with Crippen LogP contribution in [0.4, 0.5) is 0 Å². The van der Waals surface area contributed by atoms with Gasteiger partial charge in [0.05, 0.1) is 17.4 Å². The van der Waals surface area contributed by atoms with Gasteiger partial charge < -0.3 is 14.8 Å². The zero-order valence-electron chi connectivity index (χ0n) is 17.0. The topological polar surface area (TPSA) is 100 Å². The van der Waals surface area contributed by atoms with E-state index in [4.69, 9.17) is 0 Å². The number of piperazine rings is 1. The fourth-order valence-electron chi connectivity index (χ4n) is 3.69. The van der Waals surface area contributed by atoms with Crippen molar-refractivity contribution in [1.29, 1.82) is 0 Å². The summed E-state index contributed by atoms with van der Waals surface area (Å²) in [5, 5.41) is 9.13. The van der Waals surface area contributed by atoms with Gasteiger partial charge in [-0.25, -0.2) is 9.67 Å². The predicted molar refractivity (Wildman–Crippen MR) is 116 cm³/mol. The van der Waals surface area contributed by atoms with Gasteiger partial charge in [-0.1, -0.05) is 5.21 Å². The first-order chi connectivity index (χ1) is 15.1. The second-order valence-corrected chi connectivity index (χ2v) is 7.64. The number of hydrogen-bond donors (Lipinski definition) is 1. The van der Waals surface area contributed by atoms with Crippen LogP contribution in [0.25, 0.3) is 28.0 Å². The largest absolute Gasteiger partial charge is 0.336 e. The number of aromatic amines is 1. The highest BCUT2D eigenvalue weighted by Crippen LogP contribution is 2.18. The highest BCUT2D eigenvalue weighted by atomic mass is 16.2. The zero-order chi connectivity index (χ0) is 21.4. The van der Waals surface area contributed by atoms with Crippen LogP contribution in [0.3, 0.4) is 0 Å². The molecule has 0 spiro atoms. The van der Waals surface area contributed by atoms with Gasteiger partial charge in [-0.3, -0.25) is 9.59 Å². The SMILES string of the molecule is CN1CCN(C(=O)c2ccc(-n3cc(-c4cc5cccnc5[nH]c4=O)nn3)cc2)CC1. The Hall–Kier alpha value is -3.85. The molecule has 156 valence electrons. The molecule has 9 nitrogen and oxygen atoms in total. The number of H-pyrrole nitrogens is 1. The Kier molecular flexibility index (Phi) is 4.79. The maximum atomic E-state index is 12.7. The van der Waals surface area contributed by atoms with Crippen molar-refractivity contribution in [2.45, 2.75) is 0 Å². The fourth-order valence-corrected chi connectivity index (χ4v) is 3.69. The molecule has 0 saturated carbocycles. The lowest BCUT2D eigenvalue weighted by Crippen LogP contribution is -2.47. The van der Waals surface area contributed by atoms with Crippen LogP contribution in [0.5, 0.6) is 0 Å². The van der Waals surface area contributed by atoms with Gasteiger partial charge in [0.2, 0.25) is 0 Å². The van der Waals surface area contributed by atoms with Crippen LogP contribution in [-0.2, 0) is 0 Å². The minimum Gasteiger partial charge on any atom is -0.336 e. The number of rotatable bonds is 3. The van der Waals surface area contributed by atoms with Gasteiger partial charge in [0.1, 0.15) is 11.3 Å². The summed E-state index contributed by atoms with van der Waals surface area (Å²) >= 11 is 0. The third-order valence-electron chi connectivity index (χ3n) is 5.55. The first-order valence-corrected chi connectivity index (χ1v) is 10.1. The summed E-state index contributed by atoms with van der Waals surface area (Å²) in [5.74, 6) is 0.0373. The van der Waals surface area contributed by atoms with Gasteiger partial charge in [-0.15, -0.1) is 5.10 Å². The van der Waals surface area contributed by atoms with E-state index in [1.165, 1.54) is 0 Å². The molecule has 4 heterocycles. The maximum absolute atomic E-state index is 12.7. The minimum absolute atomic E-state index is 0.0373. The first-order valence-electron chi connectivity index (χ1n) is 10.1. The summed E-state index contributed by atoms with van der Waals surface area (Å²) < 4.78 is 1.59. The number of benzene rings is 1. The van der Waals surface area contributed by atoms with E-state index >= 15 is 0 Å². The van der Waals surface area contributed by atoms with E-state index in [-0.39, 0.29) is 11.5 Å². The van der Waals surface area contributed by atoms with Crippen LogP contribution >= 0.6 is 0 Å². The number of carbonyl (C=O) groups excluding carboxylic acids is 1. The predicted octanol–water partition coefficient (Wildman–Crippen LogP) is 1.56. The molecule has 0 aliphatic carbocycles. The van der Waals surface area contributed by atoms with E-state index in [0.29, 0.717) is 22.5 Å². The Labute approximate surface area is 177 Å². The number of amides is 1. The Bertz CT molecular complexity index is 1300. The molecule has 1 amide bonds. The number of aromatic nitrogens is 5. The average molecular weight is 415 g/mol. The molecule has 0 bridgehead atoms. The van der Waals surface area contributed by atoms with E-state index in [0.717, 1.165) is 37.3 Å². The van der Waals surface area contributed by atoms with E-state index in [9.17, 15) is 9.59 Å². The van der Waals surface area contributed by atoms with Gasteiger partial charge >= 0.3 is 0 Å². The molecule has 3 aromatic heterocycles. The molecular weight excluding hydrogens is 394 g/mol. The number of nitrogens with one attached hydrogen (secondary N) is 1. The highest BCUT2D eigenvalue weighted by molar-refractivity contribution is 5.94. The number of likely N-dealkylation sites (N-methyl/N-ethyl adjacent to an activating group) is 1. The molecule has 0 atom stereocenters. The summed E-state index contributed by atoms with van der Waals surface area (Å²) in [6, 6.07) is 12.7. The third-order valence-corrected chi connectivity index (χ3v) is 5.55. The van der Waals surface area contributed by atoms with E-state index in [1.54, 1.807) is 35.3 Å². The van der Waals surface area contributed by atoms with Crippen LogP contribution in [-0.4, -0.2) is 73.9 Å². The number of fused-ring (bicyclic) bond motifs is 1. The Morgan fingerprint density at radius 1 is 1.06 bits per heavy atom. The van der Waals surface area contributed by atoms with Crippen molar-refractivity contribution >= 4 is 16.9 Å². The molecule has 1 aliphatic heterocycles. The third kappa shape index (κ3) is 3.71. The first kappa shape index (κ1) is 19.1. The molecule has 1 fully saturated rings. The smallest absolute Gasteiger partial charge is 0.259 e. The van der Waals surface area contributed by atoms with Gasteiger partial charge in [0.15, 0.2) is 0 Å². The number of carbonyl (C=O) groups is 1. The minimum atomic E-state index is -0.272. The molecule has 31 heavy (non-hydrogen) atoms. The molecule has 0 radical (unpaired) electrons. The van der Waals surface area contributed by atoms with Crippen molar-refractivity contribution in [3.63, 3.8) is 0 Å². The number of hydrogen-bond acceptors (Lipinski definition) is 6. The van der Waals surface area contributed by atoms with Crippen LogP contribution in [0.2, 0.25) is 0 Å². The Morgan fingerprint density at radius 3 is 2.61 bits per heavy atom. The van der Waals surface area contributed by atoms with Crippen LogP contribution < -0.4 is 5.56 Å². The molecule has 1 saturated heterocycles. The lowest BCUT2D eigenvalue weighted by atomic mass is 10.1. The van der Waals surface area contributed by atoms with Crippen LogP contribution in [0, 0.1) is 0 Å². The monoisotopic (exact) mass is 415 g/mol. The lowest BCUT2D eigenvalue weighted by Gasteiger charge is -2.32. The summed E-state index contributed by atoms with van der Waals surface area (Å²) in [6.07, 6.45) is 3.33. The van der Waals surface area contributed by atoms with E-state index in [2.05, 4.69) is 32.2 Å². The van der Waals surface area contributed by atoms with Gasteiger partial charge in [0, 0.05) is 43.3 Å². The maximum Gasteiger partial charge on any atom is 0.259 e. The lowest BCUT2D eigenvalue weighted by molar-refractivity contribution is 0.0664. The molecule has 1 aromatic carbocycles. The second-order valence-electron chi connectivity index (χ2n) is 7.64. The van der Waals surface area contributed by atoms with Crippen molar-refractivity contribution in [3.05, 3.63) is 70.8 Å². The molecule has 9 heteroatoms. The molecular formula is C22H21N7O2. The molecule has 1 aliphatic rings. The zero-order valence-corrected chi connectivity index (χ0v) is 17.0. The fraction of sp³-hybridized carbons (Fsp3) is 0.227. The van der Waals surface area contributed by atoms with E-state index < -0.39 is 0 Å². The molecule has 5 rings (SSSR count). The summed E-state index contributed by atoms with van der Waals surface area (Å²) in [4.78, 5) is 36.2. The van der Waals surface area contributed by atoms with E-state index in [1.807, 2.05) is 29.2 Å². The van der Waals surface area contributed by atoms with Crippen molar-refractivity contribution in [2.75, 3.05) is 33.2 Å². The second kappa shape index (κ2) is 7.77. The normalized spacial score (nSPS) is 14.8. The van der Waals surface area contributed by atoms with Gasteiger partial charge in [-0.05, 0) is 49.5 Å². The molecule has 1 N–H and O–H groups in total. The van der Waals surface area contributed by atoms with Gasteiger partial charge in [0.25, 0.3) is 11.5 Å². The van der Waals surface area contributed by atoms with Crippen molar-refractivity contribution in [2.24, 2.45) is 0 Å². The van der Waals surface area contributed by atoms with Crippen LogP contribution in [0.15, 0.2) is 59.7 Å². The Morgan fingerprint density at radius 2 is 1.84 bits per heavy atom. The van der Waals surface area contributed by atoms with Crippen molar-refractivity contribution in [1.82, 2.24) is 34.8 Å². The average Bonchev–Trinajstić information content (AvgIpc) is 3.29. The van der Waals surface area contributed by atoms with Crippen LogP contribution in [0.1, 0.15) is 10.4 Å². The number of pyridine rings is 2. The quantitative estimate of drug-likeness (QED) is 0.545. The molecule has 0 unspecified atom stereocenters. The standard InChI is InChI=1S/C22H21N7O2/c1-27-9-11-28(12-10-27)22(31)15-4-6-17(7-5-15)29-14-19(25-26-29)18-13-16-3-2-8-23-20(16)24-21(18)30/h2-8,13-14H,9-12H2,1H3,(H,23,24,30). The summed E-state index contributed by atoms with van der Waals surface area (Å²) in [5.41, 5.74) is 2.55.